The standard InChI is InChI=1S/C33H50N6O4S2/c1-23-8-10-27(11-9-23)31(36-32(40)29-16-17-34-38(29)18-20-44(4)42)33(41)35-28-14-12-26(13-15-28)30-24(2)37-39(25(30)3)22-43-19-21-45(5,6)7/h12-17,23,27,31H,8-11,18-22H2,1-7H3,(H,35,41)(H,36,40). The molecule has 4 rings (SSSR count). The molecule has 2 aromatic heterocycles. The lowest BCUT2D eigenvalue weighted by atomic mass is 9.79. The highest BCUT2D eigenvalue weighted by atomic mass is 32.3. The summed E-state index contributed by atoms with van der Waals surface area (Å²) in [5.74, 6) is 1.52. The van der Waals surface area contributed by atoms with E-state index in [4.69, 9.17) is 9.84 Å². The van der Waals surface area contributed by atoms with E-state index in [1.165, 1.54) is 0 Å². The molecule has 2 unspecified atom stereocenters. The van der Waals surface area contributed by atoms with Crippen molar-refractivity contribution >= 4 is 38.3 Å². The van der Waals surface area contributed by atoms with Gasteiger partial charge in [-0.15, -0.1) is 0 Å². The van der Waals surface area contributed by atoms with Gasteiger partial charge >= 0.3 is 0 Å². The zero-order valence-electron chi connectivity index (χ0n) is 27.8. The van der Waals surface area contributed by atoms with Crippen molar-refractivity contribution in [3.63, 3.8) is 0 Å². The van der Waals surface area contributed by atoms with Crippen molar-refractivity contribution in [1.82, 2.24) is 24.9 Å². The van der Waals surface area contributed by atoms with Gasteiger partial charge in [-0.2, -0.15) is 10.2 Å². The quantitative estimate of drug-likeness (QED) is 0.236. The Labute approximate surface area is 271 Å². The van der Waals surface area contributed by atoms with Crippen LogP contribution in [0, 0.1) is 25.7 Å². The third-order valence-corrected chi connectivity index (χ3v) is 10.7. The van der Waals surface area contributed by atoms with Crippen LogP contribution in [0.4, 0.5) is 5.69 Å². The smallest absolute Gasteiger partial charge is 0.270 e. The summed E-state index contributed by atoms with van der Waals surface area (Å²) in [4.78, 5) is 27.1. The third kappa shape index (κ3) is 9.76. The van der Waals surface area contributed by atoms with E-state index in [0.29, 0.717) is 42.9 Å². The summed E-state index contributed by atoms with van der Waals surface area (Å²) >= 11 is 0. The van der Waals surface area contributed by atoms with Gasteiger partial charge < -0.3 is 15.4 Å². The van der Waals surface area contributed by atoms with E-state index in [-0.39, 0.29) is 17.7 Å². The summed E-state index contributed by atoms with van der Waals surface area (Å²) in [6, 6.07) is 8.73. The van der Waals surface area contributed by atoms with Crippen molar-refractivity contribution in [3.05, 3.63) is 53.6 Å². The molecule has 1 aliphatic rings. The Morgan fingerprint density at radius 3 is 2.40 bits per heavy atom. The number of benzene rings is 1. The predicted molar refractivity (Wildman–Crippen MR) is 185 cm³/mol. The average Bonchev–Trinajstić information content (AvgIpc) is 3.57. The van der Waals surface area contributed by atoms with Crippen LogP contribution in [0.3, 0.4) is 0 Å². The number of nitrogens with zero attached hydrogens (tertiary/aromatic N) is 4. The van der Waals surface area contributed by atoms with E-state index in [1.54, 1.807) is 23.2 Å². The lowest BCUT2D eigenvalue weighted by Gasteiger charge is -2.32. The van der Waals surface area contributed by atoms with Crippen molar-refractivity contribution in [2.45, 2.75) is 65.8 Å². The summed E-state index contributed by atoms with van der Waals surface area (Å²) in [6.45, 7) is 7.78. The Kier molecular flexibility index (Phi) is 12.1. The molecule has 1 fully saturated rings. The maximum atomic E-state index is 13.7. The van der Waals surface area contributed by atoms with Crippen LogP contribution in [-0.2, 0) is 33.6 Å². The van der Waals surface area contributed by atoms with Gasteiger partial charge in [0.2, 0.25) is 5.91 Å². The maximum Gasteiger partial charge on any atom is 0.270 e. The van der Waals surface area contributed by atoms with Gasteiger partial charge in [0.25, 0.3) is 5.91 Å². The number of amides is 2. The molecule has 0 radical (unpaired) electrons. The zero-order chi connectivity index (χ0) is 32.7. The number of anilines is 1. The Morgan fingerprint density at radius 2 is 1.76 bits per heavy atom. The predicted octanol–water partition coefficient (Wildman–Crippen LogP) is 4.97. The van der Waals surface area contributed by atoms with Gasteiger partial charge in [-0.25, -0.2) is 14.7 Å². The molecule has 3 aromatic rings. The fourth-order valence-electron chi connectivity index (χ4n) is 5.79. The number of nitrogens with one attached hydrogen (secondary N) is 2. The minimum absolute atomic E-state index is 0.0344. The summed E-state index contributed by atoms with van der Waals surface area (Å²) in [5, 5.41) is 15.0. The number of carbonyl (C=O) groups excluding carboxylic acids is 2. The summed E-state index contributed by atoms with van der Waals surface area (Å²) in [7, 11) is -1.61. The summed E-state index contributed by atoms with van der Waals surface area (Å²) in [5.41, 5.74) is 5.06. The first-order chi connectivity index (χ1) is 21.3. The second-order valence-corrected chi connectivity index (χ2v) is 19.3. The van der Waals surface area contributed by atoms with E-state index >= 15 is 0 Å². The SMILES string of the molecule is Cc1nn(COCCS(C)(C)C)c(C)c1-c1ccc(NC(=O)C(NC(=O)c2ccnn2CCS(C)=O)C2CCC(C)CC2)cc1. The van der Waals surface area contributed by atoms with Crippen LogP contribution in [-0.4, -0.2) is 84.8 Å². The first-order valence-corrected chi connectivity index (χ1v) is 20.4. The minimum atomic E-state index is -1.01. The molecule has 248 valence electrons. The van der Waals surface area contributed by atoms with Gasteiger partial charge in [-0.3, -0.25) is 18.5 Å². The topological polar surface area (TPSA) is 120 Å². The van der Waals surface area contributed by atoms with Gasteiger partial charge in [-0.1, -0.05) is 31.9 Å². The van der Waals surface area contributed by atoms with Crippen LogP contribution in [0.5, 0.6) is 0 Å². The molecule has 0 aliphatic heterocycles. The fourth-order valence-corrected chi connectivity index (χ4v) is 6.84. The number of hydrogen-bond acceptors (Lipinski definition) is 6. The minimum Gasteiger partial charge on any atom is -0.358 e. The second-order valence-electron chi connectivity index (χ2n) is 13.1. The Bertz CT molecular complexity index is 1470. The number of aromatic nitrogens is 4. The molecule has 0 saturated heterocycles. The Hall–Kier alpha value is -2.96. The van der Waals surface area contributed by atoms with Crippen molar-refractivity contribution in [2.24, 2.45) is 11.8 Å². The van der Waals surface area contributed by atoms with Crippen LogP contribution >= 0.6 is 10.0 Å². The lowest BCUT2D eigenvalue weighted by Crippen LogP contribution is -2.49. The first kappa shape index (κ1) is 34.9. The molecule has 12 heteroatoms. The van der Waals surface area contributed by atoms with Gasteiger partial charge in [0.15, 0.2) is 0 Å². The molecule has 1 aliphatic carbocycles. The van der Waals surface area contributed by atoms with Crippen molar-refractivity contribution in [1.29, 1.82) is 0 Å². The van der Waals surface area contributed by atoms with Crippen molar-refractivity contribution < 1.29 is 18.5 Å². The monoisotopic (exact) mass is 658 g/mol. The van der Waals surface area contributed by atoms with E-state index in [2.05, 4.69) is 48.3 Å². The molecule has 2 N–H and O–H groups in total. The van der Waals surface area contributed by atoms with E-state index in [9.17, 15) is 13.8 Å². The average molecular weight is 659 g/mol. The molecule has 1 saturated carbocycles. The van der Waals surface area contributed by atoms with Gasteiger partial charge in [-0.05, 0) is 81.1 Å². The van der Waals surface area contributed by atoms with E-state index in [1.807, 2.05) is 35.9 Å². The van der Waals surface area contributed by atoms with Gasteiger partial charge in [0, 0.05) is 51.7 Å². The van der Waals surface area contributed by atoms with Gasteiger partial charge in [0.1, 0.15) is 18.5 Å². The summed E-state index contributed by atoms with van der Waals surface area (Å²) in [6.07, 6.45) is 13.8. The molecule has 2 heterocycles. The number of ether oxygens (including phenoxy) is 1. The molecule has 2 amide bonds. The van der Waals surface area contributed by atoms with E-state index < -0.39 is 26.9 Å². The highest BCUT2D eigenvalue weighted by Crippen LogP contribution is 2.34. The zero-order valence-corrected chi connectivity index (χ0v) is 29.4. The number of carbonyl (C=O) groups is 2. The van der Waals surface area contributed by atoms with Crippen LogP contribution < -0.4 is 10.6 Å². The number of aryl methyl sites for hydroxylation is 2. The summed E-state index contributed by atoms with van der Waals surface area (Å²) < 4.78 is 21.0. The van der Waals surface area contributed by atoms with Crippen molar-refractivity contribution in [2.75, 3.05) is 48.5 Å². The lowest BCUT2D eigenvalue weighted by molar-refractivity contribution is -0.119. The third-order valence-electron chi connectivity index (χ3n) is 8.52. The highest BCUT2D eigenvalue weighted by molar-refractivity contribution is 8.32. The molecule has 0 spiro atoms. The molecular formula is C33H50N6O4S2. The molecule has 0 bridgehead atoms. The Balaban J connectivity index is 1.45. The Morgan fingerprint density at radius 1 is 1.07 bits per heavy atom. The molecule has 10 nitrogen and oxygen atoms in total. The van der Waals surface area contributed by atoms with Crippen LogP contribution in [0.15, 0.2) is 36.5 Å². The van der Waals surface area contributed by atoms with E-state index in [0.717, 1.165) is 54.0 Å². The fraction of sp³-hybridized carbons (Fsp3) is 0.576. The number of hydrogen-bond donors (Lipinski definition) is 2. The largest absolute Gasteiger partial charge is 0.358 e. The molecule has 1 aromatic carbocycles. The number of rotatable bonds is 14. The second kappa shape index (κ2) is 15.6. The molecular weight excluding hydrogens is 609 g/mol. The maximum absolute atomic E-state index is 13.7. The van der Waals surface area contributed by atoms with Gasteiger partial charge in [0.05, 0.1) is 18.8 Å². The normalized spacial score (nSPS) is 18.7. The first-order valence-electron chi connectivity index (χ1n) is 15.6. The van der Waals surface area contributed by atoms with Crippen LogP contribution in [0.25, 0.3) is 11.1 Å². The molecule has 45 heavy (non-hydrogen) atoms. The highest BCUT2D eigenvalue weighted by Gasteiger charge is 2.33. The van der Waals surface area contributed by atoms with Crippen molar-refractivity contribution in [3.8, 4) is 11.1 Å². The van der Waals surface area contributed by atoms with Crippen LogP contribution in [0.1, 0.15) is 54.5 Å². The van der Waals surface area contributed by atoms with Crippen LogP contribution in [0.2, 0.25) is 0 Å². The molecule has 2 atom stereocenters.